The van der Waals surface area contributed by atoms with Crippen molar-refractivity contribution < 1.29 is 40.7 Å². The molecule has 0 spiro atoms. The minimum Gasteiger partial charge on any atom is -0.465 e. The van der Waals surface area contributed by atoms with Gasteiger partial charge >= 0.3 is 18.2 Å². The maximum Gasteiger partial charge on any atom is 0.407 e. The normalized spacial score (nSPS) is 15.0. The number of sulfonamides is 1. The largest absolute Gasteiger partial charge is 0.465 e. The number of ether oxygens (including phenoxy) is 2. The van der Waals surface area contributed by atoms with Crippen LogP contribution in [0.15, 0.2) is 53.4 Å². The third-order valence-corrected chi connectivity index (χ3v) is 9.20. The topological polar surface area (TPSA) is 137 Å². The number of esters is 1. The first-order chi connectivity index (χ1) is 21.8. The number of amides is 1. The van der Waals surface area contributed by atoms with Crippen molar-refractivity contribution >= 4 is 28.0 Å². The van der Waals surface area contributed by atoms with E-state index in [-0.39, 0.29) is 48.5 Å². The lowest BCUT2D eigenvalue weighted by molar-refractivity contribution is -0.190. The maximum absolute atomic E-state index is 13.9. The van der Waals surface area contributed by atoms with Gasteiger partial charge in [-0.1, -0.05) is 24.3 Å². The lowest BCUT2D eigenvalue weighted by Crippen LogP contribution is -2.42. The van der Waals surface area contributed by atoms with Crippen LogP contribution >= 0.6 is 0 Å². The fraction of sp³-hybridized carbons (Fsp3) is 0.455. The van der Waals surface area contributed by atoms with Crippen molar-refractivity contribution in [3.05, 3.63) is 70.9 Å². The molecule has 254 valence electrons. The number of carbonyl (C=O) groups is 2. The minimum absolute atomic E-state index is 0.0251. The first-order valence-corrected chi connectivity index (χ1v) is 16.5. The molecule has 0 radical (unpaired) electrons. The number of methoxy groups -OCH3 is 1. The van der Waals surface area contributed by atoms with Crippen molar-refractivity contribution in [1.82, 2.24) is 15.3 Å². The number of anilines is 1. The summed E-state index contributed by atoms with van der Waals surface area (Å²) < 4.78 is 81.0. The van der Waals surface area contributed by atoms with E-state index in [1.807, 2.05) is 32.0 Å². The van der Waals surface area contributed by atoms with Gasteiger partial charge in [-0.05, 0) is 102 Å². The second-order valence-corrected chi connectivity index (χ2v) is 14.5. The summed E-state index contributed by atoms with van der Waals surface area (Å²) in [5.74, 6) is -0.986. The Balaban J connectivity index is 1.69. The molecule has 1 saturated carbocycles. The van der Waals surface area contributed by atoms with Crippen LogP contribution in [0.5, 0.6) is 0 Å². The average Bonchev–Trinajstić information content (AvgIpc) is 3.75. The van der Waals surface area contributed by atoms with Crippen LogP contribution in [0.25, 0.3) is 11.3 Å². The van der Waals surface area contributed by atoms with Crippen LogP contribution in [0.2, 0.25) is 0 Å². The van der Waals surface area contributed by atoms with Gasteiger partial charge in [0.05, 0.1) is 28.7 Å². The molecule has 14 heteroatoms. The van der Waals surface area contributed by atoms with Crippen LogP contribution in [-0.4, -0.2) is 55.4 Å². The molecule has 0 saturated heterocycles. The van der Waals surface area contributed by atoms with Crippen molar-refractivity contribution in [3.63, 3.8) is 0 Å². The number of hydrogen-bond acceptors (Lipinski definition) is 8. The van der Waals surface area contributed by atoms with Gasteiger partial charge in [0.2, 0.25) is 5.95 Å². The number of alkyl carbamates (subject to hydrolysis) is 1. The number of halogens is 3. The Labute approximate surface area is 272 Å². The van der Waals surface area contributed by atoms with Crippen molar-refractivity contribution in [2.75, 3.05) is 11.8 Å². The Morgan fingerprint density at radius 2 is 1.64 bits per heavy atom. The van der Waals surface area contributed by atoms with Crippen molar-refractivity contribution in [2.45, 2.75) is 89.4 Å². The van der Waals surface area contributed by atoms with E-state index in [9.17, 15) is 31.2 Å². The molecule has 1 aromatic heterocycles. The Morgan fingerprint density at radius 1 is 1.00 bits per heavy atom. The Morgan fingerprint density at radius 3 is 2.21 bits per heavy atom. The minimum atomic E-state index is -4.43. The van der Waals surface area contributed by atoms with Crippen molar-refractivity contribution in [3.8, 4) is 11.3 Å². The number of benzene rings is 2. The van der Waals surface area contributed by atoms with Crippen LogP contribution in [0.1, 0.15) is 73.6 Å². The van der Waals surface area contributed by atoms with Crippen LogP contribution in [0.3, 0.4) is 0 Å². The zero-order valence-electron chi connectivity index (χ0n) is 27.1. The summed E-state index contributed by atoms with van der Waals surface area (Å²) in [6.45, 7) is 8.72. The van der Waals surface area contributed by atoms with E-state index >= 15 is 0 Å². The van der Waals surface area contributed by atoms with Gasteiger partial charge in [0.1, 0.15) is 5.60 Å². The van der Waals surface area contributed by atoms with E-state index in [1.165, 1.54) is 25.3 Å². The molecule has 47 heavy (non-hydrogen) atoms. The molecule has 3 aromatic rings. The lowest BCUT2D eigenvalue weighted by Gasteiger charge is -2.28. The quantitative estimate of drug-likeness (QED) is 0.209. The standard InChI is InChI=1S/C33H39F3N4O6S/c1-20-9-7-10-21(2)27(20)26-18-23(37-29(39-26)40-47(43,44)25-12-8-11-22(17-25)28(41)45-6)13-14-24(38-30(42)46-31(3,4)5)19-32(15-16-32)33(34,35)36/h7-12,17-18,24H,13-16,19H2,1-6H3,(H,38,42)(H,37,39,40). The van der Waals surface area contributed by atoms with Gasteiger partial charge in [-0.25, -0.2) is 32.7 Å². The zero-order valence-corrected chi connectivity index (χ0v) is 27.9. The zero-order chi connectivity index (χ0) is 34.8. The molecule has 4 rings (SSSR count). The van der Waals surface area contributed by atoms with E-state index < -0.39 is 45.3 Å². The third kappa shape index (κ3) is 8.99. The van der Waals surface area contributed by atoms with Gasteiger partial charge in [-0.15, -0.1) is 0 Å². The second kappa shape index (κ2) is 13.5. The van der Waals surface area contributed by atoms with E-state index in [1.54, 1.807) is 26.8 Å². The lowest BCUT2D eigenvalue weighted by atomic mass is 9.92. The van der Waals surface area contributed by atoms with Crippen molar-refractivity contribution in [2.24, 2.45) is 5.41 Å². The van der Waals surface area contributed by atoms with Gasteiger partial charge in [-0.3, -0.25) is 0 Å². The first-order valence-electron chi connectivity index (χ1n) is 15.0. The van der Waals surface area contributed by atoms with Gasteiger partial charge in [0, 0.05) is 17.3 Å². The highest BCUT2D eigenvalue weighted by Crippen LogP contribution is 2.60. The molecule has 1 amide bonds. The smallest absolute Gasteiger partial charge is 0.407 e. The fourth-order valence-electron chi connectivity index (χ4n) is 5.35. The Bertz CT molecular complexity index is 1730. The molecule has 1 fully saturated rings. The van der Waals surface area contributed by atoms with Gasteiger partial charge in [-0.2, -0.15) is 13.2 Å². The van der Waals surface area contributed by atoms with Crippen LogP contribution < -0.4 is 10.0 Å². The molecule has 1 atom stereocenters. The predicted molar refractivity (Wildman–Crippen MR) is 169 cm³/mol. The molecule has 1 aliphatic rings. The summed E-state index contributed by atoms with van der Waals surface area (Å²) >= 11 is 0. The molecule has 2 aromatic carbocycles. The molecule has 1 unspecified atom stereocenters. The van der Waals surface area contributed by atoms with Crippen LogP contribution in [-0.2, 0) is 25.9 Å². The fourth-order valence-corrected chi connectivity index (χ4v) is 6.34. The second-order valence-electron chi connectivity index (χ2n) is 12.8. The van der Waals surface area contributed by atoms with Crippen molar-refractivity contribution in [1.29, 1.82) is 0 Å². The Kier molecular flexibility index (Phi) is 10.2. The predicted octanol–water partition coefficient (Wildman–Crippen LogP) is 6.91. The molecule has 10 nitrogen and oxygen atoms in total. The van der Waals surface area contributed by atoms with E-state index in [4.69, 9.17) is 9.47 Å². The highest BCUT2D eigenvalue weighted by atomic mass is 32.2. The SMILES string of the molecule is COC(=O)c1cccc(S(=O)(=O)Nc2nc(CCC(CC3(C(F)(F)F)CC3)NC(=O)OC(C)(C)C)cc(-c3c(C)cccc3C)n2)c1. The number of nitrogens with zero attached hydrogens (tertiary/aromatic N) is 2. The van der Waals surface area contributed by atoms with E-state index in [2.05, 4.69) is 20.0 Å². The number of rotatable bonds is 11. The molecule has 2 N–H and O–H groups in total. The summed E-state index contributed by atoms with van der Waals surface area (Å²) in [6, 6.07) is 11.6. The van der Waals surface area contributed by atoms with Gasteiger partial charge in [0.15, 0.2) is 0 Å². The number of aromatic nitrogens is 2. The van der Waals surface area contributed by atoms with E-state index in [0.29, 0.717) is 11.4 Å². The number of hydrogen-bond donors (Lipinski definition) is 2. The number of aryl methyl sites for hydroxylation is 3. The average molecular weight is 677 g/mol. The first kappa shape index (κ1) is 35.7. The number of alkyl halides is 3. The van der Waals surface area contributed by atoms with E-state index in [0.717, 1.165) is 22.8 Å². The highest BCUT2D eigenvalue weighted by Gasteiger charge is 2.63. The molecule has 1 heterocycles. The summed E-state index contributed by atoms with van der Waals surface area (Å²) in [5, 5.41) is 2.62. The Hall–Kier alpha value is -4.20. The maximum atomic E-state index is 13.9. The number of carbonyl (C=O) groups excluding carboxylic acids is 2. The number of nitrogens with one attached hydrogen (secondary N) is 2. The third-order valence-electron chi connectivity index (χ3n) is 7.87. The molecule has 1 aliphatic carbocycles. The highest BCUT2D eigenvalue weighted by molar-refractivity contribution is 7.92. The summed E-state index contributed by atoms with van der Waals surface area (Å²) in [4.78, 5) is 33.3. The van der Waals surface area contributed by atoms with Gasteiger partial charge < -0.3 is 14.8 Å². The molecule has 0 bridgehead atoms. The van der Waals surface area contributed by atoms with Gasteiger partial charge in [0.25, 0.3) is 10.0 Å². The summed E-state index contributed by atoms with van der Waals surface area (Å²) in [7, 11) is -3.11. The summed E-state index contributed by atoms with van der Waals surface area (Å²) in [6.07, 6.45) is -5.51. The molecular formula is C33H39F3N4O6S. The molecular weight excluding hydrogens is 637 g/mol. The monoisotopic (exact) mass is 676 g/mol. The summed E-state index contributed by atoms with van der Waals surface area (Å²) in [5.41, 5.74) is 0.480. The molecule has 0 aliphatic heterocycles. The van der Waals surface area contributed by atoms with Crippen LogP contribution in [0.4, 0.5) is 23.9 Å². The van der Waals surface area contributed by atoms with Crippen LogP contribution in [0, 0.1) is 19.3 Å².